The van der Waals surface area contributed by atoms with Gasteiger partial charge in [-0.05, 0) is 39.7 Å². The van der Waals surface area contributed by atoms with Crippen LogP contribution in [0, 0.1) is 12.7 Å². The van der Waals surface area contributed by atoms with Crippen molar-refractivity contribution in [1.29, 1.82) is 0 Å². The highest BCUT2D eigenvalue weighted by atomic mass is 35.5. The standard InChI is InChI=1S/C24H29ClFN5O3/c1-12(2)34-21-16(13(3)23-30-14(4)20-22(27)28-7-8-31(20)23)10-17(25)19(26)18(21)24(32)29-11-15-6-5-9-33-15/h7-8,10,12-13,15H,5-6,9,11H2,1-4H3,(H2,27,28)(H,29,32)/t13-,15?/m0/s1. The number of nitrogens with two attached hydrogens (primary N) is 1. The van der Waals surface area contributed by atoms with Gasteiger partial charge in [0.25, 0.3) is 5.91 Å². The van der Waals surface area contributed by atoms with E-state index in [0.717, 1.165) is 12.8 Å². The molecule has 8 nitrogen and oxygen atoms in total. The van der Waals surface area contributed by atoms with E-state index in [9.17, 15) is 4.79 Å². The van der Waals surface area contributed by atoms with Crippen molar-refractivity contribution in [2.75, 3.05) is 18.9 Å². The number of aromatic nitrogens is 3. The Balaban J connectivity index is 1.81. The summed E-state index contributed by atoms with van der Waals surface area (Å²) in [6.07, 6.45) is 4.74. The summed E-state index contributed by atoms with van der Waals surface area (Å²) < 4.78 is 28.7. The van der Waals surface area contributed by atoms with Gasteiger partial charge in [0, 0.05) is 37.0 Å². The number of nitrogen functional groups attached to an aromatic ring is 1. The molecule has 4 rings (SSSR count). The summed E-state index contributed by atoms with van der Waals surface area (Å²) in [4.78, 5) is 22.0. The number of imidazole rings is 1. The van der Waals surface area contributed by atoms with E-state index in [4.69, 9.17) is 31.8 Å². The number of benzene rings is 1. The van der Waals surface area contributed by atoms with Crippen LogP contribution >= 0.6 is 11.6 Å². The number of carbonyl (C=O) groups is 1. The smallest absolute Gasteiger partial charge is 0.258 e. The van der Waals surface area contributed by atoms with Gasteiger partial charge in [0.15, 0.2) is 5.82 Å². The monoisotopic (exact) mass is 489 g/mol. The number of fused-ring (bicyclic) bond motifs is 1. The molecule has 1 saturated heterocycles. The molecule has 182 valence electrons. The second kappa shape index (κ2) is 9.76. The van der Waals surface area contributed by atoms with Crippen LogP contribution < -0.4 is 15.8 Å². The summed E-state index contributed by atoms with van der Waals surface area (Å²) in [6.45, 7) is 8.32. The largest absolute Gasteiger partial charge is 0.490 e. The SMILES string of the molecule is Cc1nc([C@@H](C)c2cc(Cl)c(F)c(C(=O)NCC3CCCO3)c2OC(C)C)n2ccnc(N)c12. The quantitative estimate of drug-likeness (QED) is 0.514. The second-order valence-electron chi connectivity index (χ2n) is 8.79. The number of ether oxygens (including phenoxy) is 2. The molecule has 0 aliphatic carbocycles. The van der Waals surface area contributed by atoms with E-state index in [-0.39, 0.29) is 35.1 Å². The molecule has 1 unspecified atom stereocenters. The minimum atomic E-state index is -0.823. The summed E-state index contributed by atoms with van der Waals surface area (Å²) in [6, 6.07) is 1.50. The number of nitrogens with zero attached hydrogens (tertiary/aromatic N) is 3. The lowest BCUT2D eigenvalue weighted by molar-refractivity contribution is 0.0849. The van der Waals surface area contributed by atoms with Gasteiger partial charge in [-0.2, -0.15) is 0 Å². The van der Waals surface area contributed by atoms with Crippen LogP contribution in [0.2, 0.25) is 5.02 Å². The van der Waals surface area contributed by atoms with Crippen LogP contribution in [0.4, 0.5) is 10.2 Å². The zero-order valence-corrected chi connectivity index (χ0v) is 20.4. The van der Waals surface area contributed by atoms with Crippen LogP contribution in [0.5, 0.6) is 5.75 Å². The van der Waals surface area contributed by atoms with Crippen molar-refractivity contribution in [3.8, 4) is 5.75 Å². The molecule has 10 heteroatoms. The fourth-order valence-electron chi connectivity index (χ4n) is 4.33. The first kappa shape index (κ1) is 24.2. The number of rotatable bonds is 7. The Hall–Kier alpha value is -2.91. The Morgan fingerprint density at radius 1 is 1.44 bits per heavy atom. The van der Waals surface area contributed by atoms with E-state index in [0.29, 0.717) is 35.0 Å². The van der Waals surface area contributed by atoms with E-state index in [1.807, 2.05) is 32.1 Å². The number of halogens is 2. The fourth-order valence-corrected chi connectivity index (χ4v) is 4.54. The first-order valence-electron chi connectivity index (χ1n) is 11.4. The molecule has 0 saturated carbocycles. The van der Waals surface area contributed by atoms with Crippen molar-refractivity contribution in [1.82, 2.24) is 19.7 Å². The number of hydrogen-bond donors (Lipinski definition) is 2. The molecule has 1 aromatic carbocycles. The highest BCUT2D eigenvalue weighted by Gasteiger charge is 2.30. The molecule has 3 N–H and O–H groups in total. The zero-order chi connectivity index (χ0) is 24.6. The Morgan fingerprint density at radius 3 is 2.88 bits per heavy atom. The van der Waals surface area contributed by atoms with Gasteiger partial charge in [-0.15, -0.1) is 0 Å². The predicted molar refractivity (Wildman–Crippen MR) is 128 cm³/mol. The van der Waals surface area contributed by atoms with E-state index >= 15 is 4.39 Å². The summed E-state index contributed by atoms with van der Waals surface area (Å²) >= 11 is 6.29. The third kappa shape index (κ3) is 4.54. The number of aryl methyl sites for hydroxylation is 1. The van der Waals surface area contributed by atoms with E-state index in [1.54, 1.807) is 12.4 Å². The molecule has 1 aliphatic heterocycles. The Morgan fingerprint density at radius 2 is 2.21 bits per heavy atom. The van der Waals surface area contributed by atoms with Gasteiger partial charge in [-0.1, -0.05) is 18.5 Å². The predicted octanol–water partition coefficient (Wildman–Crippen LogP) is 4.26. The molecule has 1 amide bonds. The third-order valence-electron chi connectivity index (χ3n) is 5.93. The van der Waals surface area contributed by atoms with Crippen LogP contribution in [0.1, 0.15) is 67.0 Å². The molecular formula is C24H29ClFN5O3. The van der Waals surface area contributed by atoms with Crippen LogP contribution in [-0.4, -0.2) is 45.6 Å². The Bertz CT molecular complexity index is 1220. The average molecular weight is 490 g/mol. The summed E-state index contributed by atoms with van der Waals surface area (Å²) in [5.74, 6) is -0.683. The lowest BCUT2D eigenvalue weighted by Crippen LogP contribution is -2.33. The Kier molecular flexibility index (Phi) is 6.95. The molecule has 0 radical (unpaired) electrons. The molecular weight excluding hydrogens is 461 g/mol. The van der Waals surface area contributed by atoms with Gasteiger partial charge in [0.05, 0.1) is 22.9 Å². The minimum absolute atomic E-state index is 0.0858. The molecule has 3 aromatic rings. The lowest BCUT2D eigenvalue weighted by Gasteiger charge is -2.23. The summed E-state index contributed by atoms with van der Waals surface area (Å²) in [5, 5.41) is 2.61. The summed E-state index contributed by atoms with van der Waals surface area (Å²) in [7, 11) is 0. The van der Waals surface area contributed by atoms with Gasteiger partial charge in [0.1, 0.15) is 28.5 Å². The highest BCUT2D eigenvalue weighted by molar-refractivity contribution is 6.31. The molecule has 2 aromatic heterocycles. The minimum Gasteiger partial charge on any atom is -0.490 e. The maximum atomic E-state index is 15.3. The van der Waals surface area contributed by atoms with E-state index in [2.05, 4.69) is 10.3 Å². The van der Waals surface area contributed by atoms with Gasteiger partial charge < -0.3 is 20.5 Å². The van der Waals surface area contributed by atoms with Crippen molar-refractivity contribution in [2.45, 2.75) is 58.7 Å². The molecule has 2 atom stereocenters. The number of amides is 1. The zero-order valence-electron chi connectivity index (χ0n) is 19.7. The normalized spacial score (nSPS) is 16.9. The van der Waals surface area contributed by atoms with Crippen LogP contribution in [0.15, 0.2) is 18.5 Å². The maximum absolute atomic E-state index is 15.3. The first-order chi connectivity index (χ1) is 16.2. The molecule has 0 bridgehead atoms. The van der Waals surface area contributed by atoms with Gasteiger partial charge in [0.2, 0.25) is 0 Å². The highest BCUT2D eigenvalue weighted by Crippen LogP contribution is 2.40. The van der Waals surface area contributed by atoms with Crippen LogP contribution in [0.25, 0.3) is 5.52 Å². The van der Waals surface area contributed by atoms with Crippen molar-refractivity contribution in [3.05, 3.63) is 51.9 Å². The number of anilines is 1. The van der Waals surface area contributed by atoms with Gasteiger partial charge >= 0.3 is 0 Å². The van der Waals surface area contributed by atoms with E-state index < -0.39 is 17.6 Å². The number of nitrogens with one attached hydrogen (secondary N) is 1. The molecule has 1 fully saturated rings. The topological polar surface area (TPSA) is 104 Å². The number of hydrogen-bond acceptors (Lipinski definition) is 6. The van der Waals surface area contributed by atoms with E-state index in [1.165, 1.54) is 6.07 Å². The molecule has 1 aliphatic rings. The van der Waals surface area contributed by atoms with Crippen molar-refractivity contribution >= 4 is 28.8 Å². The van der Waals surface area contributed by atoms with Gasteiger partial charge in [-0.3, -0.25) is 9.20 Å². The van der Waals surface area contributed by atoms with Crippen molar-refractivity contribution in [3.63, 3.8) is 0 Å². The average Bonchev–Trinajstić information content (AvgIpc) is 3.42. The maximum Gasteiger partial charge on any atom is 0.258 e. The van der Waals surface area contributed by atoms with Crippen LogP contribution in [-0.2, 0) is 4.74 Å². The fraction of sp³-hybridized carbons (Fsp3) is 0.458. The third-order valence-corrected chi connectivity index (χ3v) is 6.21. The van der Waals surface area contributed by atoms with Crippen LogP contribution in [0.3, 0.4) is 0 Å². The van der Waals surface area contributed by atoms with Gasteiger partial charge in [-0.25, -0.2) is 14.4 Å². The molecule has 0 spiro atoms. The molecule has 34 heavy (non-hydrogen) atoms. The van der Waals surface area contributed by atoms with Crippen molar-refractivity contribution < 1.29 is 18.7 Å². The molecule has 3 heterocycles. The lowest BCUT2D eigenvalue weighted by atomic mass is 9.95. The second-order valence-corrected chi connectivity index (χ2v) is 9.19. The Labute approximate surface area is 202 Å². The summed E-state index contributed by atoms with van der Waals surface area (Å²) in [5.41, 5.74) is 7.79. The van der Waals surface area contributed by atoms with Crippen molar-refractivity contribution in [2.24, 2.45) is 0 Å². The first-order valence-corrected chi connectivity index (χ1v) is 11.7. The number of carbonyl (C=O) groups excluding carboxylic acids is 1.